The number of aromatic nitrogens is 2. The molecule has 4 aromatic rings. The maximum absolute atomic E-state index is 12.2. The molecule has 0 aliphatic rings. The summed E-state index contributed by atoms with van der Waals surface area (Å²) in [6.45, 7) is 0. The van der Waals surface area contributed by atoms with Gasteiger partial charge in [0.15, 0.2) is 0 Å². The molecule has 0 saturated heterocycles. The molecule has 4 rings (SSSR count). The van der Waals surface area contributed by atoms with Gasteiger partial charge in [-0.3, -0.25) is 4.79 Å². The van der Waals surface area contributed by atoms with Gasteiger partial charge in [0.25, 0.3) is 5.91 Å². The summed E-state index contributed by atoms with van der Waals surface area (Å²) < 4.78 is 5.36. The number of carbonyl (C=O) groups is 1. The molecular weight excluding hydrogens is 346 g/mol. The van der Waals surface area contributed by atoms with Gasteiger partial charge in [0.05, 0.1) is 11.3 Å². The van der Waals surface area contributed by atoms with E-state index in [-0.39, 0.29) is 5.91 Å². The van der Waals surface area contributed by atoms with Crippen LogP contribution in [0.5, 0.6) is 0 Å². The summed E-state index contributed by atoms with van der Waals surface area (Å²) in [5, 5.41) is 8.82. The van der Waals surface area contributed by atoms with Crippen LogP contribution in [0.15, 0.2) is 76.6 Å². The molecule has 0 fully saturated rings. The minimum absolute atomic E-state index is 0.130. The maximum atomic E-state index is 12.2. The minimum atomic E-state index is -0.130. The first-order valence-electron chi connectivity index (χ1n) is 8.10. The van der Waals surface area contributed by atoms with Crippen LogP contribution in [0.4, 0.5) is 5.69 Å². The van der Waals surface area contributed by atoms with Gasteiger partial charge in [-0.2, -0.15) is 4.98 Å². The van der Waals surface area contributed by atoms with Crippen LogP contribution in [0.3, 0.4) is 0 Å². The van der Waals surface area contributed by atoms with Crippen molar-refractivity contribution >= 4 is 22.9 Å². The molecule has 0 bridgehead atoms. The van der Waals surface area contributed by atoms with Crippen molar-refractivity contribution in [1.82, 2.24) is 10.1 Å². The van der Waals surface area contributed by atoms with Gasteiger partial charge in [-0.25, -0.2) is 0 Å². The first kappa shape index (κ1) is 16.2. The lowest BCUT2D eigenvalue weighted by Crippen LogP contribution is -2.09. The molecule has 26 heavy (non-hydrogen) atoms. The van der Waals surface area contributed by atoms with Crippen LogP contribution in [0.25, 0.3) is 11.4 Å². The van der Waals surface area contributed by atoms with Crippen LogP contribution < -0.4 is 5.32 Å². The molecule has 0 unspecified atom stereocenters. The third-order valence-corrected chi connectivity index (χ3v) is 4.66. The second-order valence-electron chi connectivity index (χ2n) is 5.69. The van der Waals surface area contributed by atoms with Crippen LogP contribution in [0.1, 0.15) is 21.1 Å². The van der Waals surface area contributed by atoms with Crippen molar-refractivity contribution in [3.63, 3.8) is 0 Å². The fraction of sp³-hybridized carbons (Fsp3) is 0.0500. The fourth-order valence-corrected chi connectivity index (χ4v) is 3.17. The molecule has 2 heterocycles. The molecule has 2 aromatic heterocycles. The van der Waals surface area contributed by atoms with E-state index in [2.05, 4.69) is 15.5 Å². The van der Waals surface area contributed by atoms with Crippen molar-refractivity contribution in [1.29, 1.82) is 0 Å². The lowest BCUT2D eigenvalue weighted by atomic mass is 10.1. The molecule has 0 aliphatic heterocycles. The number of nitrogens with one attached hydrogen (secondary N) is 1. The highest BCUT2D eigenvalue weighted by Gasteiger charge is 2.11. The molecule has 128 valence electrons. The van der Waals surface area contributed by atoms with Gasteiger partial charge in [-0.1, -0.05) is 53.7 Å². The van der Waals surface area contributed by atoms with Crippen LogP contribution >= 0.6 is 11.3 Å². The second kappa shape index (κ2) is 7.33. The summed E-state index contributed by atoms with van der Waals surface area (Å²) in [7, 11) is 0. The SMILES string of the molecule is O=C(Nc1cccc(-c2noc(Cc3ccccc3)n2)c1)c1cccs1. The number of hydrogen-bond donors (Lipinski definition) is 1. The molecule has 2 aromatic carbocycles. The average molecular weight is 361 g/mol. The molecule has 0 spiro atoms. The van der Waals surface area contributed by atoms with Crippen molar-refractivity contribution in [3.8, 4) is 11.4 Å². The molecular formula is C20H15N3O2S. The van der Waals surface area contributed by atoms with Crippen molar-refractivity contribution in [2.75, 3.05) is 5.32 Å². The molecule has 6 heteroatoms. The van der Waals surface area contributed by atoms with Gasteiger partial charge in [0.1, 0.15) is 0 Å². The van der Waals surface area contributed by atoms with Crippen molar-refractivity contribution < 1.29 is 9.32 Å². The van der Waals surface area contributed by atoms with E-state index < -0.39 is 0 Å². The Labute approximate surface area is 154 Å². The Balaban J connectivity index is 1.51. The quantitative estimate of drug-likeness (QED) is 0.562. The van der Waals surface area contributed by atoms with Gasteiger partial charge in [0, 0.05) is 11.3 Å². The molecule has 1 N–H and O–H groups in total. The zero-order chi connectivity index (χ0) is 17.8. The summed E-state index contributed by atoms with van der Waals surface area (Å²) in [4.78, 5) is 17.3. The summed E-state index contributed by atoms with van der Waals surface area (Å²) in [6.07, 6.45) is 0.586. The average Bonchev–Trinajstić information content (AvgIpc) is 3.35. The van der Waals surface area contributed by atoms with Crippen molar-refractivity contribution in [2.45, 2.75) is 6.42 Å². The Morgan fingerprint density at radius 3 is 2.73 bits per heavy atom. The van der Waals surface area contributed by atoms with Gasteiger partial charge in [-0.15, -0.1) is 11.3 Å². The number of thiophene rings is 1. The zero-order valence-corrected chi connectivity index (χ0v) is 14.6. The highest BCUT2D eigenvalue weighted by molar-refractivity contribution is 7.12. The zero-order valence-electron chi connectivity index (χ0n) is 13.8. The lowest BCUT2D eigenvalue weighted by Gasteiger charge is -2.04. The van der Waals surface area contributed by atoms with E-state index in [9.17, 15) is 4.79 Å². The molecule has 0 saturated carbocycles. The van der Waals surface area contributed by atoms with Crippen molar-refractivity contribution in [3.05, 3.63) is 88.4 Å². The smallest absolute Gasteiger partial charge is 0.265 e. The van der Waals surface area contributed by atoms with Crippen LogP contribution in [-0.4, -0.2) is 16.0 Å². The lowest BCUT2D eigenvalue weighted by molar-refractivity contribution is 0.103. The molecule has 5 nitrogen and oxygen atoms in total. The first-order chi connectivity index (χ1) is 12.8. The van der Waals surface area contributed by atoms with E-state index in [1.165, 1.54) is 11.3 Å². The second-order valence-corrected chi connectivity index (χ2v) is 6.63. The topological polar surface area (TPSA) is 68.0 Å². The van der Waals surface area contributed by atoms with Gasteiger partial charge >= 0.3 is 0 Å². The Kier molecular flexibility index (Phi) is 4.57. The molecule has 1 amide bonds. The number of carbonyl (C=O) groups excluding carboxylic acids is 1. The number of benzene rings is 2. The predicted molar refractivity (Wildman–Crippen MR) is 101 cm³/mol. The normalized spacial score (nSPS) is 10.6. The molecule has 0 atom stereocenters. The van der Waals surface area contributed by atoms with Crippen molar-refractivity contribution in [2.24, 2.45) is 0 Å². The minimum Gasteiger partial charge on any atom is -0.339 e. The van der Waals surface area contributed by atoms with E-state index in [1.807, 2.05) is 66.0 Å². The summed E-state index contributed by atoms with van der Waals surface area (Å²) >= 11 is 1.40. The summed E-state index contributed by atoms with van der Waals surface area (Å²) in [5.41, 5.74) is 2.59. The van der Waals surface area contributed by atoms with E-state index >= 15 is 0 Å². The monoisotopic (exact) mass is 361 g/mol. The van der Waals surface area contributed by atoms with Crippen LogP contribution in [-0.2, 0) is 6.42 Å². The van der Waals surface area contributed by atoms with E-state index in [0.717, 1.165) is 11.1 Å². The Bertz CT molecular complexity index is 1010. The van der Waals surface area contributed by atoms with Crippen LogP contribution in [0.2, 0.25) is 0 Å². The summed E-state index contributed by atoms with van der Waals surface area (Å²) in [6, 6.07) is 21.0. The number of hydrogen-bond acceptors (Lipinski definition) is 5. The largest absolute Gasteiger partial charge is 0.339 e. The van der Waals surface area contributed by atoms with E-state index in [4.69, 9.17) is 4.52 Å². The number of rotatable bonds is 5. The summed E-state index contributed by atoms with van der Waals surface area (Å²) in [5.74, 6) is 0.928. The highest BCUT2D eigenvalue weighted by atomic mass is 32.1. The number of anilines is 1. The Hall–Kier alpha value is -3.25. The van der Waals surface area contributed by atoms with Gasteiger partial charge in [0.2, 0.25) is 11.7 Å². The third-order valence-electron chi connectivity index (χ3n) is 3.79. The Morgan fingerprint density at radius 1 is 1.04 bits per heavy atom. The highest BCUT2D eigenvalue weighted by Crippen LogP contribution is 2.22. The predicted octanol–water partition coefficient (Wildman–Crippen LogP) is 4.64. The van der Waals surface area contributed by atoms with Crippen LogP contribution in [0, 0.1) is 0 Å². The van der Waals surface area contributed by atoms with Gasteiger partial charge < -0.3 is 9.84 Å². The van der Waals surface area contributed by atoms with E-state index in [0.29, 0.717) is 28.7 Å². The van der Waals surface area contributed by atoms with E-state index in [1.54, 1.807) is 6.07 Å². The molecule has 0 aliphatic carbocycles. The number of nitrogens with zero attached hydrogens (tertiary/aromatic N) is 2. The maximum Gasteiger partial charge on any atom is 0.265 e. The number of amides is 1. The third kappa shape index (κ3) is 3.70. The Morgan fingerprint density at radius 2 is 1.92 bits per heavy atom. The molecule has 0 radical (unpaired) electrons. The standard InChI is InChI=1S/C20H15N3O2S/c24-20(17-10-5-11-26-17)21-16-9-4-8-15(13-16)19-22-18(25-23-19)12-14-6-2-1-3-7-14/h1-11,13H,12H2,(H,21,24). The fourth-order valence-electron chi connectivity index (χ4n) is 2.55. The van der Waals surface area contributed by atoms with Gasteiger partial charge in [-0.05, 0) is 29.1 Å². The first-order valence-corrected chi connectivity index (χ1v) is 8.98.